The topological polar surface area (TPSA) is 307 Å². The van der Waals surface area contributed by atoms with Crippen LogP contribution in [0.5, 0.6) is 0 Å². The number of allylic oxidation sites excluding steroid dienone is 1. The molecule has 3 aliphatic heterocycles. The predicted molar refractivity (Wildman–Crippen MR) is 268 cm³/mol. The van der Waals surface area contributed by atoms with Crippen LogP contribution in [0.1, 0.15) is 187 Å². The van der Waals surface area contributed by atoms with Gasteiger partial charge in [0.2, 0.25) is 5.91 Å². The van der Waals surface area contributed by atoms with Crippen molar-refractivity contribution in [3.8, 4) is 0 Å². The standard InChI is InChI=1S/C53H99NO18/c1-3-5-7-8-9-10-11-12-13-14-15-16-17-18-19-20-21-22-23-24-25-26-27-29-31-41(59)54-36(37(58)30-28-6-4-2)35-67-51-47(65)44(62)49(39(33-56)69-51)72-53-48(66)45(63)50(40(34-57)70-53)71-52-46(64)43(61)42(60)38(32-55)68-52/h28,30,36-40,42-53,55-58,60-66H,3-27,29,31-35H2,1-2H3,(H,54,59)/b30-28+. The SMILES string of the molecule is CCC/C=C/C(O)C(COC1OC(CO)C(OC2OC(CO)C(OC3OC(CO)C(O)C(O)C3O)C(O)C2O)C(O)C1O)NC(=O)CCCCCCCCCCCCCCCCCCCCCCCCCC. The quantitative estimate of drug-likeness (QED) is 0.0309. The Kier molecular flexibility index (Phi) is 34.3. The van der Waals surface area contributed by atoms with E-state index in [-0.39, 0.29) is 18.9 Å². The van der Waals surface area contributed by atoms with Crippen molar-refractivity contribution in [2.75, 3.05) is 26.4 Å². The molecule has 72 heavy (non-hydrogen) atoms. The van der Waals surface area contributed by atoms with Crippen LogP contribution in [0.3, 0.4) is 0 Å². The Morgan fingerprint density at radius 2 is 0.861 bits per heavy atom. The molecule has 19 nitrogen and oxygen atoms in total. The number of hydrogen-bond donors (Lipinski definition) is 12. The average Bonchev–Trinajstić information content (AvgIpc) is 3.37. The third kappa shape index (κ3) is 23.0. The van der Waals surface area contributed by atoms with Crippen LogP contribution in [0, 0.1) is 0 Å². The van der Waals surface area contributed by atoms with Gasteiger partial charge < -0.3 is 89.9 Å². The molecule has 0 aromatic rings. The third-order valence-corrected chi connectivity index (χ3v) is 14.3. The first-order valence-corrected chi connectivity index (χ1v) is 27.9. The Morgan fingerprint density at radius 1 is 0.486 bits per heavy atom. The highest BCUT2D eigenvalue weighted by atomic mass is 16.8. The van der Waals surface area contributed by atoms with Gasteiger partial charge in [0.25, 0.3) is 0 Å². The van der Waals surface area contributed by atoms with E-state index in [1.54, 1.807) is 12.2 Å². The summed E-state index contributed by atoms with van der Waals surface area (Å²) in [6.45, 7) is 1.49. The number of aliphatic hydroxyl groups excluding tert-OH is 11. The number of aliphatic hydroxyl groups is 11. The van der Waals surface area contributed by atoms with Crippen LogP contribution >= 0.6 is 0 Å². The number of carbonyl (C=O) groups is 1. The maximum atomic E-state index is 13.1. The van der Waals surface area contributed by atoms with E-state index in [2.05, 4.69) is 12.2 Å². The third-order valence-electron chi connectivity index (χ3n) is 14.3. The zero-order valence-corrected chi connectivity index (χ0v) is 43.7. The van der Waals surface area contributed by atoms with Gasteiger partial charge in [0.1, 0.15) is 73.2 Å². The number of rotatable bonds is 40. The summed E-state index contributed by atoms with van der Waals surface area (Å²) in [5.41, 5.74) is 0. The highest BCUT2D eigenvalue weighted by molar-refractivity contribution is 5.76. The number of amides is 1. The van der Waals surface area contributed by atoms with Gasteiger partial charge in [0.15, 0.2) is 18.9 Å². The van der Waals surface area contributed by atoms with E-state index in [0.717, 1.165) is 25.7 Å². The summed E-state index contributed by atoms with van der Waals surface area (Å²) in [7, 11) is 0. The van der Waals surface area contributed by atoms with E-state index in [9.17, 15) is 61.0 Å². The summed E-state index contributed by atoms with van der Waals surface area (Å²) in [5.74, 6) is -0.285. The van der Waals surface area contributed by atoms with Crippen molar-refractivity contribution in [1.29, 1.82) is 0 Å². The van der Waals surface area contributed by atoms with E-state index in [4.69, 9.17) is 28.4 Å². The summed E-state index contributed by atoms with van der Waals surface area (Å²) in [5, 5.41) is 119. The van der Waals surface area contributed by atoms with Gasteiger partial charge in [-0.1, -0.05) is 180 Å². The molecular weight excluding hydrogens is 939 g/mol. The lowest BCUT2D eigenvalue weighted by atomic mass is 9.96. The summed E-state index contributed by atoms with van der Waals surface area (Å²) in [4.78, 5) is 13.1. The Bertz CT molecular complexity index is 1380. The molecule has 0 saturated carbocycles. The fraction of sp³-hybridized carbons (Fsp3) is 0.943. The predicted octanol–water partition coefficient (Wildman–Crippen LogP) is 3.43. The molecule has 3 rings (SSSR count). The van der Waals surface area contributed by atoms with Gasteiger partial charge in [-0.2, -0.15) is 0 Å². The van der Waals surface area contributed by atoms with E-state index in [0.29, 0.717) is 12.8 Å². The molecule has 19 heteroatoms. The van der Waals surface area contributed by atoms with Crippen LogP contribution in [0.15, 0.2) is 12.2 Å². The van der Waals surface area contributed by atoms with Crippen molar-refractivity contribution in [2.24, 2.45) is 0 Å². The lowest BCUT2D eigenvalue weighted by Crippen LogP contribution is -2.66. The lowest BCUT2D eigenvalue weighted by Gasteiger charge is -2.48. The van der Waals surface area contributed by atoms with Crippen molar-refractivity contribution >= 4 is 5.91 Å². The van der Waals surface area contributed by atoms with Gasteiger partial charge >= 0.3 is 0 Å². The molecule has 0 aliphatic carbocycles. The Labute approximate surface area is 429 Å². The lowest BCUT2D eigenvalue weighted by molar-refractivity contribution is -0.379. The molecule has 3 aliphatic rings. The first-order chi connectivity index (χ1) is 34.8. The minimum Gasteiger partial charge on any atom is -0.394 e. The molecule has 0 spiro atoms. The molecule has 17 atom stereocenters. The van der Waals surface area contributed by atoms with Gasteiger partial charge in [0.05, 0.1) is 38.6 Å². The number of hydrogen-bond acceptors (Lipinski definition) is 18. The molecule has 3 fully saturated rings. The molecular formula is C53H99NO18. The zero-order chi connectivity index (χ0) is 52.7. The van der Waals surface area contributed by atoms with Crippen LogP contribution in [-0.4, -0.2) is 193 Å². The maximum Gasteiger partial charge on any atom is 0.220 e. The Morgan fingerprint density at radius 3 is 1.28 bits per heavy atom. The van der Waals surface area contributed by atoms with Crippen LogP contribution < -0.4 is 5.32 Å². The second-order valence-corrected chi connectivity index (χ2v) is 20.4. The van der Waals surface area contributed by atoms with Crippen molar-refractivity contribution in [2.45, 2.75) is 291 Å². The second-order valence-electron chi connectivity index (χ2n) is 20.4. The van der Waals surface area contributed by atoms with Crippen molar-refractivity contribution < 1.29 is 89.4 Å². The second kappa shape index (κ2) is 38.1. The minimum atomic E-state index is -1.97. The minimum absolute atomic E-state index is 0.246. The molecule has 0 radical (unpaired) electrons. The van der Waals surface area contributed by atoms with Crippen molar-refractivity contribution in [1.82, 2.24) is 5.32 Å². The smallest absolute Gasteiger partial charge is 0.220 e. The summed E-state index contributed by atoms with van der Waals surface area (Å²) < 4.78 is 33.9. The van der Waals surface area contributed by atoms with Gasteiger partial charge in [-0.25, -0.2) is 0 Å². The molecule has 17 unspecified atom stereocenters. The Hall–Kier alpha value is -1.47. The molecule has 1 amide bonds. The van der Waals surface area contributed by atoms with Crippen LogP contribution in [0.25, 0.3) is 0 Å². The first-order valence-electron chi connectivity index (χ1n) is 27.9. The largest absolute Gasteiger partial charge is 0.394 e. The van der Waals surface area contributed by atoms with Crippen molar-refractivity contribution in [3.05, 3.63) is 12.2 Å². The Balaban J connectivity index is 1.35. The molecule has 3 saturated heterocycles. The molecule has 424 valence electrons. The van der Waals surface area contributed by atoms with E-state index in [1.807, 2.05) is 6.92 Å². The van der Waals surface area contributed by atoms with E-state index >= 15 is 0 Å². The average molecular weight is 1040 g/mol. The fourth-order valence-corrected chi connectivity index (χ4v) is 9.67. The van der Waals surface area contributed by atoms with Gasteiger partial charge in [0, 0.05) is 6.42 Å². The van der Waals surface area contributed by atoms with Gasteiger partial charge in [-0.05, 0) is 12.8 Å². The van der Waals surface area contributed by atoms with Crippen LogP contribution in [0.2, 0.25) is 0 Å². The normalized spacial score (nSPS) is 32.0. The molecule has 12 N–H and O–H groups in total. The fourth-order valence-electron chi connectivity index (χ4n) is 9.67. The maximum absolute atomic E-state index is 13.1. The van der Waals surface area contributed by atoms with Crippen LogP contribution in [-0.2, 0) is 33.2 Å². The molecule has 0 aromatic heterocycles. The zero-order valence-electron chi connectivity index (χ0n) is 43.7. The number of nitrogens with one attached hydrogen (secondary N) is 1. The van der Waals surface area contributed by atoms with Crippen molar-refractivity contribution in [3.63, 3.8) is 0 Å². The summed E-state index contributed by atoms with van der Waals surface area (Å²) >= 11 is 0. The first kappa shape index (κ1) is 64.8. The number of unbranched alkanes of at least 4 members (excludes halogenated alkanes) is 24. The number of carbonyl (C=O) groups excluding carboxylic acids is 1. The highest BCUT2D eigenvalue weighted by Gasteiger charge is 2.53. The van der Waals surface area contributed by atoms with Gasteiger partial charge in [-0.3, -0.25) is 4.79 Å². The molecule has 3 heterocycles. The number of ether oxygens (including phenoxy) is 6. The monoisotopic (exact) mass is 1040 g/mol. The van der Waals surface area contributed by atoms with E-state index in [1.165, 1.54) is 128 Å². The molecule has 0 aromatic carbocycles. The van der Waals surface area contributed by atoms with Crippen LogP contribution in [0.4, 0.5) is 0 Å². The van der Waals surface area contributed by atoms with Gasteiger partial charge in [-0.15, -0.1) is 0 Å². The summed E-state index contributed by atoms with van der Waals surface area (Å²) in [6.07, 6.45) is 9.21. The summed E-state index contributed by atoms with van der Waals surface area (Å²) in [6, 6.07) is -0.963. The van der Waals surface area contributed by atoms with E-state index < -0.39 is 124 Å². The molecule has 0 bridgehead atoms. The highest BCUT2D eigenvalue weighted by Crippen LogP contribution is 2.33.